The number of hydrogen-bond donors (Lipinski definition) is 2. The molecule has 0 atom stereocenters. The summed E-state index contributed by atoms with van der Waals surface area (Å²) in [5, 5.41) is 17.5. The molecule has 1 heterocycles. The van der Waals surface area contributed by atoms with E-state index < -0.39 is 20.1 Å². The lowest BCUT2D eigenvalue weighted by atomic mass is 9.83. The van der Waals surface area contributed by atoms with Gasteiger partial charge < -0.3 is 14.6 Å². The van der Waals surface area contributed by atoms with Crippen molar-refractivity contribution < 1.29 is 18.8 Å². The van der Waals surface area contributed by atoms with Crippen LogP contribution in [-0.2, 0) is 6.54 Å². The summed E-state index contributed by atoms with van der Waals surface area (Å²) in [5.74, 6) is 0. The van der Waals surface area contributed by atoms with Crippen LogP contribution in [0.25, 0.3) is 0 Å². The van der Waals surface area contributed by atoms with Gasteiger partial charge in [-0.25, -0.2) is 8.78 Å². The number of halogens is 3. The lowest BCUT2D eigenvalue weighted by Crippen LogP contribution is -2.29. The Labute approximate surface area is 78.7 Å². The third-order valence-corrected chi connectivity index (χ3v) is 1.80. The normalized spacial score (nSPS) is 10.9. The first-order valence-electron chi connectivity index (χ1n) is 3.50. The van der Waals surface area contributed by atoms with Crippen LogP contribution in [0, 0.1) is 0 Å². The molecular weight excluding hydrogens is 202 g/mol. The van der Waals surface area contributed by atoms with Crippen LogP contribution in [-0.4, -0.2) is 28.2 Å². The molecule has 13 heavy (non-hydrogen) atoms. The Bertz CT molecular complexity index is 292. The molecule has 2 N–H and O–H groups in total. The average molecular weight is 209 g/mol. The van der Waals surface area contributed by atoms with Crippen molar-refractivity contribution in [3.05, 3.63) is 17.4 Å². The molecule has 0 saturated carbocycles. The second-order valence-electron chi connectivity index (χ2n) is 2.52. The van der Waals surface area contributed by atoms with Gasteiger partial charge in [0.05, 0.1) is 11.6 Å². The largest absolute Gasteiger partial charge is 0.491 e. The van der Waals surface area contributed by atoms with E-state index in [1.54, 1.807) is 0 Å². The summed E-state index contributed by atoms with van der Waals surface area (Å²) in [7, 11) is -1.73. The van der Waals surface area contributed by atoms with Crippen LogP contribution in [0.5, 0.6) is 0 Å². The second kappa shape index (κ2) is 4.08. The van der Waals surface area contributed by atoms with Gasteiger partial charge in [-0.3, -0.25) is 0 Å². The maximum absolute atomic E-state index is 11.9. The van der Waals surface area contributed by atoms with E-state index in [2.05, 4.69) is 0 Å². The second-order valence-corrected chi connectivity index (χ2v) is 2.93. The summed E-state index contributed by atoms with van der Waals surface area (Å²) in [6, 6.07) is 0. The van der Waals surface area contributed by atoms with Crippen LogP contribution < -0.4 is 5.46 Å². The van der Waals surface area contributed by atoms with Gasteiger partial charge >= 0.3 is 7.12 Å². The lowest BCUT2D eigenvalue weighted by Gasteiger charge is -1.99. The maximum atomic E-state index is 11.9. The van der Waals surface area contributed by atoms with E-state index in [0.29, 0.717) is 0 Å². The van der Waals surface area contributed by atoms with Crippen molar-refractivity contribution in [1.82, 2.24) is 4.57 Å². The predicted octanol–water partition coefficient (Wildman–Crippen LogP) is 0.0864. The van der Waals surface area contributed by atoms with Crippen LogP contribution in [0.1, 0.15) is 0 Å². The van der Waals surface area contributed by atoms with E-state index >= 15 is 0 Å². The van der Waals surface area contributed by atoms with E-state index in [1.807, 2.05) is 0 Å². The fourth-order valence-electron chi connectivity index (χ4n) is 0.952. The van der Waals surface area contributed by atoms with E-state index in [4.69, 9.17) is 21.6 Å². The molecule has 0 unspecified atom stereocenters. The first-order chi connectivity index (χ1) is 6.00. The van der Waals surface area contributed by atoms with Crippen molar-refractivity contribution in [3.8, 4) is 0 Å². The Hall–Kier alpha value is -0.585. The van der Waals surface area contributed by atoms with Crippen LogP contribution in [0.3, 0.4) is 0 Å². The van der Waals surface area contributed by atoms with Crippen molar-refractivity contribution in [2.24, 2.45) is 0 Å². The average Bonchev–Trinajstić information content (AvgIpc) is 2.29. The van der Waals surface area contributed by atoms with Crippen molar-refractivity contribution in [3.63, 3.8) is 0 Å². The smallest absolute Gasteiger partial charge is 0.423 e. The van der Waals surface area contributed by atoms with Gasteiger partial charge in [0.1, 0.15) is 0 Å². The molecular formula is C6H7BClF2NO2. The number of hydrogen-bond acceptors (Lipinski definition) is 2. The summed E-state index contributed by atoms with van der Waals surface area (Å²) in [6.45, 7) is -0.507. The molecule has 0 saturated heterocycles. The van der Waals surface area contributed by atoms with E-state index in [9.17, 15) is 8.78 Å². The fourth-order valence-corrected chi connectivity index (χ4v) is 1.22. The highest BCUT2D eigenvalue weighted by molar-refractivity contribution is 6.62. The maximum Gasteiger partial charge on any atom is 0.491 e. The molecule has 0 bridgehead atoms. The predicted molar refractivity (Wildman–Crippen MR) is 45.3 cm³/mol. The lowest BCUT2D eigenvalue weighted by molar-refractivity contribution is 0.127. The van der Waals surface area contributed by atoms with Crippen molar-refractivity contribution in [2.75, 3.05) is 0 Å². The number of alkyl halides is 2. The van der Waals surface area contributed by atoms with Gasteiger partial charge in [0.25, 0.3) is 6.43 Å². The van der Waals surface area contributed by atoms with Crippen LogP contribution in [0.2, 0.25) is 5.02 Å². The molecule has 0 aliphatic rings. The third-order valence-electron chi connectivity index (χ3n) is 1.49. The van der Waals surface area contributed by atoms with E-state index in [0.717, 1.165) is 4.57 Å². The number of aromatic nitrogens is 1. The standard InChI is InChI=1S/C6H7BClF2NO2/c8-5-2-11(3-6(9)10)1-4(5)7(12)13/h1-2,6,12-13H,3H2. The zero-order valence-corrected chi connectivity index (χ0v) is 7.25. The summed E-state index contributed by atoms with van der Waals surface area (Å²) in [6.07, 6.45) is -0.0890. The van der Waals surface area contributed by atoms with Gasteiger partial charge in [0.15, 0.2) is 0 Å². The molecule has 0 radical (unpaired) electrons. The topological polar surface area (TPSA) is 45.4 Å². The number of nitrogens with zero attached hydrogens (tertiary/aromatic N) is 1. The molecule has 1 aromatic rings. The molecule has 1 rings (SSSR count). The van der Waals surface area contributed by atoms with Crippen molar-refractivity contribution in [1.29, 1.82) is 0 Å². The van der Waals surface area contributed by atoms with Gasteiger partial charge in [0.2, 0.25) is 0 Å². The Kier molecular flexibility index (Phi) is 3.30. The minimum Gasteiger partial charge on any atom is -0.423 e. The molecule has 0 aliphatic heterocycles. The van der Waals surface area contributed by atoms with Gasteiger partial charge in [-0.2, -0.15) is 0 Å². The van der Waals surface area contributed by atoms with Crippen molar-refractivity contribution >= 4 is 24.2 Å². The molecule has 0 amide bonds. The SMILES string of the molecule is OB(O)c1cn(CC(F)F)cc1Cl. The number of rotatable bonds is 3. The quantitative estimate of drug-likeness (QED) is 0.693. The highest BCUT2D eigenvalue weighted by atomic mass is 35.5. The first-order valence-corrected chi connectivity index (χ1v) is 3.88. The Morgan fingerprint density at radius 2 is 2.08 bits per heavy atom. The summed E-state index contributed by atoms with van der Waals surface area (Å²) >= 11 is 5.54. The summed E-state index contributed by atoms with van der Waals surface area (Å²) < 4.78 is 24.9. The summed E-state index contributed by atoms with van der Waals surface area (Å²) in [4.78, 5) is 0. The van der Waals surface area contributed by atoms with Crippen LogP contribution in [0.15, 0.2) is 12.4 Å². The molecule has 0 spiro atoms. The zero-order chi connectivity index (χ0) is 10.0. The van der Waals surface area contributed by atoms with Crippen LogP contribution in [0.4, 0.5) is 8.78 Å². The Balaban J connectivity index is 2.82. The molecule has 1 aromatic heterocycles. The van der Waals surface area contributed by atoms with E-state index in [1.165, 1.54) is 12.4 Å². The van der Waals surface area contributed by atoms with Crippen LogP contribution >= 0.6 is 11.6 Å². The van der Waals surface area contributed by atoms with Crippen molar-refractivity contribution in [2.45, 2.75) is 13.0 Å². The minimum absolute atomic E-state index is 0.0299. The zero-order valence-electron chi connectivity index (χ0n) is 6.49. The minimum atomic E-state index is -2.49. The summed E-state index contributed by atoms with van der Waals surface area (Å²) in [5.41, 5.74) is 0.0299. The highest BCUT2D eigenvalue weighted by Gasteiger charge is 2.18. The fraction of sp³-hybridized carbons (Fsp3) is 0.333. The highest BCUT2D eigenvalue weighted by Crippen LogP contribution is 2.08. The third kappa shape index (κ3) is 2.68. The molecule has 0 fully saturated rings. The molecule has 7 heteroatoms. The van der Waals surface area contributed by atoms with Gasteiger partial charge in [-0.05, 0) is 0 Å². The van der Waals surface area contributed by atoms with E-state index in [-0.39, 0.29) is 10.5 Å². The molecule has 72 valence electrons. The van der Waals surface area contributed by atoms with Gasteiger partial charge in [-0.15, -0.1) is 0 Å². The Morgan fingerprint density at radius 3 is 2.46 bits per heavy atom. The Morgan fingerprint density at radius 1 is 1.46 bits per heavy atom. The molecule has 0 aromatic carbocycles. The monoisotopic (exact) mass is 209 g/mol. The van der Waals surface area contributed by atoms with Gasteiger partial charge in [-0.1, -0.05) is 11.6 Å². The molecule has 0 aliphatic carbocycles. The van der Waals surface area contributed by atoms with Gasteiger partial charge in [0, 0.05) is 17.9 Å². The first kappa shape index (κ1) is 10.5. The molecule has 3 nitrogen and oxygen atoms in total.